The summed E-state index contributed by atoms with van der Waals surface area (Å²) in [5.41, 5.74) is 1.40. The first-order valence-electron chi connectivity index (χ1n) is 8.85. The van der Waals surface area contributed by atoms with Crippen molar-refractivity contribution in [3.05, 3.63) is 88.5 Å². The van der Waals surface area contributed by atoms with Gasteiger partial charge in [-0.05, 0) is 21.5 Å². The Kier molecular flexibility index (Phi) is 3.56. The minimum Gasteiger partial charge on any atom is -0.358 e. The number of hydrogen-bond donors (Lipinski definition) is 0. The summed E-state index contributed by atoms with van der Waals surface area (Å²) in [5, 5.41) is 14.5. The summed E-state index contributed by atoms with van der Waals surface area (Å²) < 4.78 is 0. The van der Waals surface area contributed by atoms with Crippen LogP contribution in [-0.2, 0) is 0 Å². The highest BCUT2D eigenvalue weighted by atomic mass is 14.9. The summed E-state index contributed by atoms with van der Waals surface area (Å²) in [6.07, 6.45) is 0. The van der Waals surface area contributed by atoms with Crippen molar-refractivity contribution in [2.24, 2.45) is 0 Å². The molecule has 1 heterocycles. The molecule has 30 heavy (non-hydrogen) atoms. The van der Waals surface area contributed by atoms with Crippen LogP contribution in [0, 0.1) is 31.0 Å². The van der Waals surface area contributed by atoms with E-state index in [1.807, 2.05) is 42.5 Å². The van der Waals surface area contributed by atoms with Crippen LogP contribution in [0.4, 0.5) is 17.2 Å². The van der Waals surface area contributed by atoms with E-state index in [2.05, 4.69) is 24.5 Å². The third kappa shape index (κ3) is 2.20. The molecule has 6 nitrogen and oxygen atoms in total. The van der Waals surface area contributed by atoms with E-state index >= 15 is 0 Å². The molecule has 5 aromatic rings. The van der Waals surface area contributed by atoms with Crippen molar-refractivity contribution in [3.8, 4) is 6.07 Å². The molecule has 4 aromatic carbocycles. The molecule has 0 fully saturated rings. The first kappa shape index (κ1) is 17.1. The molecule has 0 amide bonds. The average Bonchev–Trinajstić information content (AvgIpc) is 2.81. The van der Waals surface area contributed by atoms with Gasteiger partial charge in [0.05, 0.1) is 13.1 Å². The zero-order chi connectivity index (χ0) is 20.8. The Labute approximate surface area is 170 Å². The van der Waals surface area contributed by atoms with Crippen LogP contribution in [0.1, 0.15) is 5.69 Å². The predicted octanol–water partition coefficient (Wildman–Crippen LogP) is 6.61. The van der Waals surface area contributed by atoms with Crippen LogP contribution in [0.3, 0.4) is 0 Å². The van der Waals surface area contributed by atoms with Crippen LogP contribution >= 0.6 is 0 Å². The number of benzene rings is 4. The largest absolute Gasteiger partial charge is 0.358 e. The maximum absolute atomic E-state index is 9.49. The molecule has 0 saturated carbocycles. The molecule has 0 aliphatic rings. The van der Waals surface area contributed by atoms with Crippen LogP contribution in [0.2, 0.25) is 0 Å². The van der Waals surface area contributed by atoms with Crippen molar-refractivity contribution in [3.63, 3.8) is 0 Å². The highest BCUT2D eigenvalue weighted by Gasteiger charge is 2.20. The third-order valence-electron chi connectivity index (χ3n) is 5.16. The maximum Gasteiger partial charge on any atom is 0.307 e. The molecule has 0 unspecified atom stereocenters. The molecule has 1 aromatic heterocycles. The van der Waals surface area contributed by atoms with Crippen LogP contribution < -0.4 is 0 Å². The molecule has 0 atom stereocenters. The molecular weight excluding hydrogens is 372 g/mol. The zero-order valence-corrected chi connectivity index (χ0v) is 15.3. The van der Waals surface area contributed by atoms with Gasteiger partial charge in [-0.2, -0.15) is 5.26 Å². The Morgan fingerprint density at radius 2 is 1.47 bits per heavy atom. The molecule has 134 valence electrons. The second kappa shape index (κ2) is 6.25. The van der Waals surface area contributed by atoms with Gasteiger partial charge in [-0.25, -0.2) is 4.98 Å². The summed E-state index contributed by atoms with van der Waals surface area (Å²) in [6.45, 7) is 22.3. The highest BCUT2D eigenvalue weighted by molar-refractivity contribution is 6.30. The van der Waals surface area contributed by atoms with Crippen LogP contribution in [0.5, 0.6) is 0 Å². The van der Waals surface area contributed by atoms with Gasteiger partial charge in [-0.3, -0.25) is 9.69 Å². The zero-order valence-electron chi connectivity index (χ0n) is 15.3. The van der Waals surface area contributed by atoms with Gasteiger partial charge in [0.1, 0.15) is 11.6 Å². The Hall–Kier alpha value is -5.04. The van der Waals surface area contributed by atoms with Crippen molar-refractivity contribution < 1.29 is 0 Å². The van der Waals surface area contributed by atoms with E-state index in [-0.39, 0.29) is 22.9 Å². The normalized spacial score (nSPS) is 10.5. The average molecular weight is 380 g/mol. The molecule has 0 saturated heterocycles. The SMILES string of the molecule is [C-]#[N+]c1cc2c(cc1[N+]#[C-])c1nc([N+]#[C-])c(C#N)nc1c1c3ccccc3ccc21. The molecule has 0 bridgehead atoms. The summed E-state index contributed by atoms with van der Waals surface area (Å²) in [6, 6.07) is 17.1. The van der Waals surface area contributed by atoms with Crippen LogP contribution in [0.25, 0.3) is 57.9 Å². The first-order valence-corrected chi connectivity index (χ1v) is 8.85. The van der Waals surface area contributed by atoms with Gasteiger partial charge >= 0.3 is 5.82 Å². The minimum absolute atomic E-state index is 0.0331. The number of rotatable bonds is 0. The fourth-order valence-corrected chi connectivity index (χ4v) is 3.87. The van der Waals surface area contributed by atoms with Crippen LogP contribution in [0.15, 0.2) is 48.5 Å². The topological polar surface area (TPSA) is 62.6 Å². The molecule has 6 heteroatoms. The predicted molar refractivity (Wildman–Crippen MR) is 116 cm³/mol. The van der Waals surface area contributed by atoms with E-state index in [1.54, 1.807) is 12.1 Å². The van der Waals surface area contributed by atoms with E-state index < -0.39 is 0 Å². The van der Waals surface area contributed by atoms with Crippen LogP contribution in [-0.4, -0.2) is 9.97 Å². The standard InChI is InChI=1S/C24H8N6/c1-26-18-10-16-15-9-8-13-6-4-5-7-14(13)21(15)23-22(17(16)11-19(18)27-2)30-24(28-3)20(12-25)29-23/h4-11H. The minimum atomic E-state index is -0.0792. The summed E-state index contributed by atoms with van der Waals surface area (Å²) >= 11 is 0. The van der Waals surface area contributed by atoms with Gasteiger partial charge < -0.3 is 4.85 Å². The van der Waals surface area contributed by atoms with E-state index in [4.69, 9.17) is 19.7 Å². The fraction of sp³-hybridized carbons (Fsp3) is 0. The second-order valence-corrected chi connectivity index (χ2v) is 6.64. The molecular formula is C24H8N6. The lowest BCUT2D eigenvalue weighted by molar-refractivity contribution is 1.27. The fourth-order valence-electron chi connectivity index (χ4n) is 3.87. The smallest absolute Gasteiger partial charge is 0.307 e. The van der Waals surface area contributed by atoms with Crippen molar-refractivity contribution >= 4 is 60.5 Å². The number of fused-ring (bicyclic) bond motifs is 8. The Morgan fingerprint density at radius 1 is 0.733 bits per heavy atom. The van der Waals surface area contributed by atoms with Gasteiger partial charge in [-0.1, -0.05) is 55.1 Å². The summed E-state index contributed by atoms with van der Waals surface area (Å²) in [5.74, 6) is -0.0792. The molecule has 0 N–H and O–H groups in total. The highest BCUT2D eigenvalue weighted by Crippen LogP contribution is 2.42. The molecule has 0 aliphatic heterocycles. The monoisotopic (exact) mass is 380 g/mol. The van der Waals surface area contributed by atoms with Gasteiger partial charge in [-0.15, -0.1) is 4.98 Å². The van der Waals surface area contributed by atoms with Crippen molar-refractivity contribution in [2.75, 3.05) is 0 Å². The van der Waals surface area contributed by atoms with E-state index in [0.717, 1.165) is 26.9 Å². The van der Waals surface area contributed by atoms with Gasteiger partial charge in [0.2, 0.25) is 0 Å². The Bertz CT molecular complexity index is 1740. The van der Waals surface area contributed by atoms with E-state index in [9.17, 15) is 5.26 Å². The molecule has 0 aliphatic carbocycles. The number of nitriles is 1. The third-order valence-corrected chi connectivity index (χ3v) is 5.16. The first-order chi connectivity index (χ1) is 14.7. The number of hydrogen-bond acceptors (Lipinski definition) is 3. The summed E-state index contributed by atoms with van der Waals surface area (Å²) in [7, 11) is 0. The number of nitrogens with zero attached hydrogens (tertiary/aromatic N) is 6. The van der Waals surface area contributed by atoms with Crippen molar-refractivity contribution in [1.29, 1.82) is 5.26 Å². The Morgan fingerprint density at radius 3 is 2.17 bits per heavy atom. The van der Waals surface area contributed by atoms with E-state index in [0.29, 0.717) is 16.4 Å². The second-order valence-electron chi connectivity index (χ2n) is 6.64. The molecule has 5 rings (SSSR count). The Balaban J connectivity index is 2.19. The number of aromatic nitrogens is 2. The summed E-state index contributed by atoms with van der Waals surface area (Å²) in [4.78, 5) is 19.3. The van der Waals surface area contributed by atoms with E-state index in [1.165, 1.54) is 0 Å². The van der Waals surface area contributed by atoms with Gasteiger partial charge in [0.15, 0.2) is 22.6 Å². The molecule has 0 radical (unpaired) electrons. The quantitative estimate of drug-likeness (QED) is 0.224. The maximum atomic E-state index is 9.49. The van der Waals surface area contributed by atoms with Gasteiger partial charge in [0, 0.05) is 10.8 Å². The molecule has 0 spiro atoms. The van der Waals surface area contributed by atoms with Crippen molar-refractivity contribution in [1.82, 2.24) is 9.97 Å². The van der Waals surface area contributed by atoms with Gasteiger partial charge in [0.25, 0.3) is 0 Å². The lowest BCUT2D eigenvalue weighted by atomic mass is 9.94. The lowest BCUT2D eigenvalue weighted by Crippen LogP contribution is -1.94. The lowest BCUT2D eigenvalue weighted by Gasteiger charge is -2.12. The van der Waals surface area contributed by atoms with Crippen molar-refractivity contribution in [2.45, 2.75) is 0 Å².